The smallest absolute Gasteiger partial charge is 0.289 e. The van der Waals surface area contributed by atoms with Crippen LogP contribution in [0.2, 0.25) is 0 Å². The van der Waals surface area contributed by atoms with E-state index in [1.165, 1.54) is 165 Å². The summed E-state index contributed by atoms with van der Waals surface area (Å²) in [4.78, 5) is 40.9. The van der Waals surface area contributed by atoms with E-state index in [1.54, 1.807) is 34.8 Å². The standard InChI is InChI=1S/C94H82N4O2S4.2CH3Br/c1-7-11-15-19-27-59-35-43-64(44-36-59)93(65-45-37-60(38-46-65)28-20-16-12-8-2)78-56-75-79(55-74(78)88-84(93)90-80(103-88)53-68(101-90)51-76-82(63(57-95)58-96)70-31-23-25-33-72(70)86(76)99)94(66-47-39-61(40-48-66)29-21-17-13-9-3,67-49-41-62(42-50-67)30-22-18-14-10-4)85-89(75)104-81-54-69(102-91(81)85)52-77-83(92(97-5)98-6)71-32-24-26-34-73(71)87(77)100;2*1-2/h23-26,31-56H,7-22,27-30H2,1-4H3;2*1H3/b76-51+,77-52+;;. The second kappa shape index (κ2) is 34.8. The number of halogens is 2. The number of benzene rings is 7. The number of ketones is 2. The third kappa shape index (κ3) is 14.0. The summed E-state index contributed by atoms with van der Waals surface area (Å²) < 4.78 is 4.51. The van der Waals surface area contributed by atoms with Crippen molar-refractivity contribution in [2.24, 2.45) is 0 Å². The predicted molar refractivity (Wildman–Crippen MR) is 464 cm³/mol. The Hall–Kier alpha value is -8.92. The lowest BCUT2D eigenvalue weighted by Gasteiger charge is -2.36. The Morgan fingerprint density at radius 3 is 1.04 bits per heavy atom. The Labute approximate surface area is 670 Å². The van der Waals surface area contributed by atoms with Crippen molar-refractivity contribution in [1.29, 1.82) is 10.5 Å². The molecule has 4 aliphatic rings. The number of alkyl halides is 2. The van der Waals surface area contributed by atoms with Gasteiger partial charge >= 0.3 is 5.82 Å². The maximum atomic E-state index is 14.7. The average Bonchev–Trinajstić information content (AvgIpc) is 1.49. The highest BCUT2D eigenvalue weighted by Gasteiger charge is 2.55. The topological polar surface area (TPSA) is 90.4 Å². The number of allylic oxidation sites excluding steroid dienone is 5. The molecule has 4 aliphatic carbocycles. The maximum Gasteiger partial charge on any atom is 0.528 e. The number of thiophene rings is 4. The minimum absolute atomic E-state index is 0.0786. The molecule has 0 N–H and O–H groups in total. The number of fused-ring (bicyclic) bond motifs is 12. The molecule has 0 radical (unpaired) electrons. The van der Waals surface area contributed by atoms with Crippen molar-refractivity contribution in [2.75, 3.05) is 11.7 Å². The average molecular weight is 1620 g/mol. The maximum absolute atomic E-state index is 14.7. The molecular weight excluding hydrogens is 1530 g/mol. The Balaban J connectivity index is 0.00000253. The normalized spacial score (nSPS) is 14.4. The molecule has 108 heavy (non-hydrogen) atoms. The lowest BCUT2D eigenvalue weighted by Crippen LogP contribution is -2.30. The van der Waals surface area contributed by atoms with Crippen LogP contribution >= 0.6 is 77.2 Å². The first-order valence-electron chi connectivity index (χ1n) is 38.3. The third-order valence-corrected chi connectivity index (χ3v) is 27.0. The van der Waals surface area contributed by atoms with E-state index in [-0.39, 0.29) is 23.0 Å². The van der Waals surface area contributed by atoms with Crippen LogP contribution in [0.3, 0.4) is 0 Å². The van der Waals surface area contributed by atoms with Gasteiger partial charge in [0, 0.05) is 67.9 Å². The molecular formula is C96H88Br2N4O2S4. The van der Waals surface area contributed by atoms with Gasteiger partial charge in [-0.2, -0.15) is 20.2 Å². The first-order valence-corrected chi connectivity index (χ1v) is 44.7. The summed E-state index contributed by atoms with van der Waals surface area (Å²) in [5, 5.41) is 20.9. The molecule has 0 bridgehead atoms. The highest BCUT2D eigenvalue weighted by Crippen LogP contribution is 2.68. The molecule has 0 saturated carbocycles. The molecule has 0 spiro atoms. The van der Waals surface area contributed by atoms with Crippen molar-refractivity contribution in [3.8, 4) is 33.0 Å². The number of carbonyl (C=O) groups excluding carboxylic acids is 2. The molecule has 15 rings (SSSR count). The SMILES string of the molecule is CBr.CBr.[C-]#[N+]C([N+]#[C-])=C1/C(=C\c2cc3sc4c(c3s2)C(c2ccc(CCCCCC)cc2)(c2ccc(CCCCCC)cc2)c2cc3c(cc2-4)C(c2ccc(CCCCCC)cc2)(c2ccc(CCCCCC)cc2)c2c-3sc3cc(/C=C4/C(=O)c5ccccc5C4=C(C#N)C#N)sc23)C(=O)c2ccccc21. The number of carbonyl (C=O) groups is 2. The van der Waals surface area contributed by atoms with E-state index in [9.17, 15) is 20.1 Å². The van der Waals surface area contributed by atoms with Crippen LogP contribution in [-0.4, -0.2) is 23.2 Å². The number of hydrogen-bond donors (Lipinski definition) is 0. The summed E-state index contributed by atoms with van der Waals surface area (Å²) in [5.41, 5.74) is 19.4. The van der Waals surface area contributed by atoms with Gasteiger partial charge in [0.05, 0.1) is 25.8 Å². The fraction of sp³-hybridized carbons (Fsp3) is 0.292. The molecule has 0 amide bonds. The van der Waals surface area contributed by atoms with Gasteiger partial charge in [-0.15, -0.1) is 45.3 Å². The third-order valence-electron chi connectivity index (χ3n) is 22.2. The molecule has 0 saturated heterocycles. The zero-order chi connectivity index (χ0) is 75.6. The Bertz CT molecular complexity index is 5040. The van der Waals surface area contributed by atoms with Gasteiger partial charge in [-0.3, -0.25) is 9.59 Å². The largest absolute Gasteiger partial charge is 0.528 e. The van der Waals surface area contributed by atoms with Crippen molar-refractivity contribution in [1.82, 2.24) is 0 Å². The molecule has 0 atom stereocenters. The number of nitrogens with zero attached hydrogens (tertiary/aromatic N) is 4. The molecule has 6 nitrogen and oxygen atoms in total. The van der Waals surface area contributed by atoms with Crippen LogP contribution < -0.4 is 0 Å². The number of rotatable bonds is 26. The van der Waals surface area contributed by atoms with E-state index < -0.39 is 10.8 Å². The summed E-state index contributed by atoms with van der Waals surface area (Å²) in [6, 6.07) is 67.1. The van der Waals surface area contributed by atoms with Gasteiger partial charge < -0.3 is 0 Å². The summed E-state index contributed by atoms with van der Waals surface area (Å²) in [5.74, 6) is 3.15. The van der Waals surface area contributed by atoms with E-state index in [0.29, 0.717) is 44.5 Å². The molecule has 11 aromatic rings. The van der Waals surface area contributed by atoms with E-state index in [2.05, 4.69) is 203 Å². The van der Waals surface area contributed by atoms with Gasteiger partial charge in [0.2, 0.25) is 0 Å². The lowest BCUT2D eigenvalue weighted by atomic mass is 9.65. The molecule has 12 heteroatoms. The summed E-state index contributed by atoms with van der Waals surface area (Å²) in [6.07, 6.45) is 26.8. The fourth-order valence-corrected chi connectivity index (χ4v) is 22.5. The summed E-state index contributed by atoms with van der Waals surface area (Å²) >= 11 is 12.9. The van der Waals surface area contributed by atoms with Gasteiger partial charge in [0.1, 0.15) is 30.9 Å². The van der Waals surface area contributed by atoms with E-state index >= 15 is 0 Å². The first-order chi connectivity index (χ1) is 53.1. The molecule has 0 unspecified atom stereocenters. The van der Waals surface area contributed by atoms with Gasteiger partial charge in [0.25, 0.3) is 0 Å². The first kappa shape index (κ1) is 77.2. The van der Waals surface area contributed by atoms with Crippen molar-refractivity contribution >= 4 is 131 Å². The number of unbranched alkanes of at least 4 members (excludes halogenated alkanes) is 12. The molecule has 0 aliphatic heterocycles. The molecule has 0 fully saturated rings. The highest BCUT2D eigenvalue weighted by molar-refractivity contribution is 9.09. The summed E-state index contributed by atoms with van der Waals surface area (Å²) in [7, 11) is 0. The van der Waals surface area contributed by atoms with Crippen molar-refractivity contribution < 1.29 is 9.59 Å². The van der Waals surface area contributed by atoms with Crippen molar-refractivity contribution in [2.45, 2.75) is 167 Å². The van der Waals surface area contributed by atoms with Gasteiger partial charge in [0.15, 0.2) is 11.6 Å². The second-order valence-electron chi connectivity index (χ2n) is 28.5. The van der Waals surface area contributed by atoms with Crippen molar-refractivity contribution in [3.63, 3.8) is 0 Å². The fourth-order valence-electron chi connectivity index (χ4n) is 17.1. The Kier molecular flexibility index (Phi) is 24.9. The van der Waals surface area contributed by atoms with Crippen LogP contribution in [0.1, 0.15) is 239 Å². The number of Topliss-reactive ketones (excluding diaryl/α,β-unsaturated/α-hetero) is 2. The zero-order valence-corrected chi connectivity index (χ0v) is 68.9. The molecule has 4 aromatic heterocycles. The van der Waals surface area contributed by atoms with Crippen LogP contribution in [-0.2, 0) is 36.5 Å². The predicted octanol–water partition coefficient (Wildman–Crippen LogP) is 28.3. The Morgan fingerprint density at radius 1 is 0.407 bits per heavy atom. The van der Waals surface area contributed by atoms with Crippen LogP contribution in [0.15, 0.2) is 192 Å². The van der Waals surface area contributed by atoms with Gasteiger partial charge in [-0.05, 0) is 177 Å². The van der Waals surface area contributed by atoms with Crippen molar-refractivity contribution in [3.05, 3.63) is 314 Å². The second-order valence-corrected chi connectivity index (χ2v) is 32.8. The molecule has 542 valence electrons. The highest BCUT2D eigenvalue weighted by atomic mass is 79.9. The lowest BCUT2D eigenvalue weighted by molar-refractivity contribution is 0.103. The van der Waals surface area contributed by atoms with Crippen LogP contribution in [0.5, 0.6) is 0 Å². The number of aryl methyl sites for hydroxylation is 4. The number of nitriles is 2. The molecule has 7 aromatic carbocycles. The van der Waals surface area contributed by atoms with Gasteiger partial charge in [-0.1, -0.05) is 282 Å². The number of hydrogen-bond acceptors (Lipinski definition) is 8. The van der Waals surface area contributed by atoms with Gasteiger partial charge in [-0.25, -0.2) is 0 Å². The Morgan fingerprint density at radius 2 is 0.722 bits per heavy atom. The van der Waals surface area contributed by atoms with E-state index in [1.807, 2.05) is 82.9 Å². The van der Waals surface area contributed by atoms with E-state index in [4.69, 9.17) is 13.1 Å². The zero-order valence-electron chi connectivity index (χ0n) is 62.5. The minimum Gasteiger partial charge on any atom is -0.289 e. The van der Waals surface area contributed by atoms with E-state index in [0.717, 1.165) is 79.9 Å². The quantitative estimate of drug-likeness (QED) is 0.0178. The van der Waals surface area contributed by atoms with Crippen LogP contribution in [0, 0.1) is 35.8 Å². The molecule has 4 heterocycles. The summed E-state index contributed by atoms with van der Waals surface area (Å²) in [6.45, 7) is 25.4. The van der Waals surface area contributed by atoms with Crippen LogP contribution in [0.25, 0.3) is 72.7 Å². The minimum atomic E-state index is -0.835. The van der Waals surface area contributed by atoms with Crippen LogP contribution in [0.4, 0.5) is 0 Å². The monoisotopic (exact) mass is 1610 g/mol.